The van der Waals surface area contributed by atoms with Gasteiger partial charge in [-0.1, -0.05) is 24.6 Å². The third kappa shape index (κ3) is 7.77. The van der Waals surface area contributed by atoms with E-state index in [-0.39, 0.29) is 12.3 Å². The minimum Gasteiger partial charge on any atom is -0.480 e. The first-order valence-corrected chi connectivity index (χ1v) is 13.0. The van der Waals surface area contributed by atoms with E-state index in [9.17, 15) is 29.1 Å². The van der Waals surface area contributed by atoms with E-state index in [0.717, 1.165) is 17.3 Å². The van der Waals surface area contributed by atoms with Crippen molar-refractivity contribution in [2.75, 3.05) is 13.1 Å². The van der Waals surface area contributed by atoms with E-state index < -0.39 is 54.3 Å². The van der Waals surface area contributed by atoms with Crippen LogP contribution in [0.1, 0.15) is 44.1 Å². The van der Waals surface area contributed by atoms with Crippen molar-refractivity contribution in [3.05, 3.63) is 36.0 Å². The molecule has 0 bridgehead atoms. The molecule has 0 aliphatic carbocycles. The number of nitrogens with one attached hydrogen (secondary N) is 3. The Morgan fingerprint density at radius 3 is 2.54 bits per heavy atom. The van der Waals surface area contributed by atoms with Crippen LogP contribution in [0.5, 0.6) is 0 Å². The molecule has 39 heavy (non-hydrogen) atoms. The van der Waals surface area contributed by atoms with E-state index in [1.54, 1.807) is 6.20 Å². The maximum absolute atomic E-state index is 13.1. The van der Waals surface area contributed by atoms with Gasteiger partial charge in [0.1, 0.15) is 18.1 Å². The topological polar surface area (TPSA) is 227 Å². The SMILES string of the molecule is NCCCCC(N)C(=O)N1CCCC1C(=O)NC(CC(N)=O)C(=O)NC(Cc1c[nH]c2ccccc12)C(=O)O. The number of hydrogen-bond acceptors (Lipinski definition) is 7. The maximum Gasteiger partial charge on any atom is 0.326 e. The highest BCUT2D eigenvalue weighted by atomic mass is 16.4. The lowest BCUT2D eigenvalue weighted by atomic mass is 10.0. The average molecular weight is 544 g/mol. The van der Waals surface area contributed by atoms with Crippen molar-refractivity contribution >= 4 is 40.5 Å². The molecule has 4 atom stereocenters. The number of fused-ring (bicyclic) bond motifs is 1. The molecule has 1 aromatic heterocycles. The van der Waals surface area contributed by atoms with E-state index in [0.29, 0.717) is 44.3 Å². The zero-order chi connectivity index (χ0) is 28.5. The number of nitrogens with two attached hydrogens (primary N) is 3. The van der Waals surface area contributed by atoms with Crippen molar-refractivity contribution in [2.45, 2.75) is 69.1 Å². The predicted octanol–water partition coefficient (Wildman–Crippen LogP) is -0.913. The van der Waals surface area contributed by atoms with Crippen molar-refractivity contribution in [1.82, 2.24) is 20.5 Å². The molecule has 4 amide bonds. The van der Waals surface area contributed by atoms with Crippen LogP contribution in [0.25, 0.3) is 10.9 Å². The summed E-state index contributed by atoms with van der Waals surface area (Å²) in [6.07, 6.45) is 3.85. The number of likely N-dealkylation sites (tertiary alicyclic amines) is 1. The number of nitrogens with zero attached hydrogens (tertiary/aromatic N) is 1. The lowest BCUT2D eigenvalue weighted by molar-refractivity contribution is -0.143. The molecule has 212 valence electrons. The summed E-state index contributed by atoms with van der Waals surface area (Å²) in [4.78, 5) is 67.3. The summed E-state index contributed by atoms with van der Waals surface area (Å²) < 4.78 is 0. The van der Waals surface area contributed by atoms with Gasteiger partial charge < -0.3 is 42.8 Å². The molecule has 1 aromatic carbocycles. The van der Waals surface area contributed by atoms with Crippen LogP contribution < -0.4 is 27.8 Å². The third-order valence-corrected chi connectivity index (χ3v) is 6.88. The van der Waals surface area contributed by atoms with Crippen LogP contribution in [-0.2, 0) is 30.4 Å². The summed E-state index contributed by atoms with van der Waals surface area (Å²) in [5.74, 6) is -4.02. The van der Waals surface area contributed by atoms with Gasteiger partial charge in [-0.3, -0.25) is 19.2 Å². The van der Waals surface area contributed by atoms with Gasteiger partial charge in [0.05, 0.1) is 12.5 Å². The van der Waals surface area contributed by atoms with Gasteiger partial charge in [-0.05, 0) is 43.9 Å². The van der Waals surface area contributed by atoms with Crippen molar-refractivity contribution in [1.29, 1.82) is 0 Å². The second-order valence-electron chi connectivity index (χ2n) is 9.78. The first kappa shape index (κ1) is 29.6. The van der Waals surface area contributed by atoms with Crippen LogP contribution in [0.2, 0.25) is 0 Å². The van der Waals surface area contributed by atoms with Crippen LogP contribution in [-0.4, -0.2) is 81.8 Å². The minimum absolute atomic E-state index is 0.0325. The highest BCUT2D eigenvalue weighted by Crippen LogP contribution is 2.21. The fourth-order valence-corrected chi connectivity index (χ4v) is 4.82. The van der Waals surface area contributed by atoms with E-state index in [1.807, 2.05) is 24.3 Å². The summed E-state index contributed by atoms with van der Waals surface area (Å²) in [6, 6.07) is 2.92. The zero-order valence-electron chi connectivity index (χ0n) is 21.7. The number of aromatic nitrogens is 1. The van der Waals surface area contributed by atoms with Crippen LogP contribution in [0.15, 0.2) is 30.5 Å². The molecule has 0 spiro atoms. The number of aliphatic carboxylic acids is 1. The number of rotatable bonds is 14. The number of carboxylic acid groups (broad SMARTS) is 1. The van der Waals surface area contributed by atoms with Gasteiger partial charge in [0.25, 0.3) is 0 Å². The molecule has 1 aliphatic heterocycles. The highest BCUT2D eigenvalue weighted by Gasteiger charge is 2.38. The fraction of sp³-hybridized carbons (Fsp3) is 0.500. The number of aromatic amines is 1. The molecule has 2 heterocycles. The molecule has 10 N–H and O–H groups in total. The number of carboxylic acids is 1. The summed E-state index contributed by atoms with van der Waals surface area (Å²) in [5, 5.41) is 15.5. The lowest BCUT2D eigenvalue weighted by Crippen LogP contribution is -2.57. The Morgan fingerprint density at radius 1 is 1.10 bits per heavy atom. The van der Waals surface area contributed by atoms with Crippen LogP contribution in [0.4, 0.5) is 0 Å². The quantitative estimate of drug-likeness (QED) is 0.147. The molecule has 3 rings (SSSR count). The van der Waals surface area contributed by atoms with Crippen molar-refractivity contribution < 1.29 is 29.1 Å². The molecular formula is C26H37N7O6. The van der Waals surface area contributed by atoms with Crippen molar-refractivity contribution in [3.63, 3.8) is 0 Å². The number of hydrogen-bond donors (Lipinski definition) is 7. The van der Waals surface area contributed by atoms with Gasteiger partial charge in [0.15, 0.2) is 0 Å². The Bertz CT molecular complexity index is 1200. The van der Waals surface area contributed by atoms with Crippen LogP contribution in [0.3, 0.4) is 0 Å². The second-order valence-corrected chi connectivity index (χ2v) is 9.78. The third-order valence-electron chi connectivity index (χ3n) is 6.88. The lowest BCUT2D eigenvalue weighted by Gasteiger charge is -2.28. The summed E-state index contributed by atoms with van der Waals surface area (Å²) in [7, 11) is 0. The van der Waals surface area contributed by atoms with Gasteiger partial charge in [0, 0.05) is 30.1 Å². The molecule has 0 radical (unpaired) electrons. The number of para-hydroxylation sites is 1. The van der Waals surface area contributed by atoms with Gasteiger partial charge in [0.2, 0.25) is 23.6 Å². The Hall–Kier alpha value is -3.97. The molecule has 2 aromatic rings. The first-order chi connectivity index (χ1) is 18.6. The number of benzene rings is 1. The number of amides is 4. The van der Waals surface area contributed by atoms with Crippen molar-refractivity contribution in [3.8, 4) is 0 Å². The van der Waals surface area contributed by atoms with E-state index in [2.05, 4.69) is 15.6 Å². The normalized spacial score (nSPS) is 17.4. The van der Waals surface area contributed by atoms with Crippen LogP contribution >= 0.6 is 0 Å². The summed E-state index contributed by atoms with van der Waals surface area (Å²) in [5.41, 5.74) is 18.3. The Morgan fingerprint density at radius 2 is 1.85 bits per heavy atom. The molecule has 13 nitrogen and oxygen atoms in total. The highest BCUT2D eigenvalue weighted by molar-refractivity contribution is 5.96. The standard InChI is InChI=1S/C26H37N7O6/c27-10-4-3-7-17(28)25(37)33-11-5-9-21(33)24(36)31-19(13-22(29)34)23(35)32-20(26(38)39)12-15-14-30-18-8-2-1-6-16(15)18/h1-2,6,8,14,17,19-21,30H,3-5,7,9-13,27-28H2,(H2,29,34)(H,31,36)(H,32,35)(H,38,39). The largest absolute Gasteiger partial charge is 0.480 e. The first-order valence-electron chi connectivity index (χ1n) is 13.0. The molecule has 0 saturated carbocycles. The van der Waals surface area contributed by atoms with Gasteiger partial charge in [-0.2, -0.15) is 0 Å². The van der Waals surface area contributed by atoms with E-state index in [1.165, 1.54) is 4.90 Å². The Kier molecular flexibility index (Phi) is 10.4. The maximum atomic E-state index is 13.1. The van der Waals surface area contributed by atoms with Gasteiger partial charge in [-0.25, -0.2) is 4.79 Å². The predicted molar refractivity (Wildman–Crippen MR) is 143 cm³/mol. The van der Waals surface area contributed by atoms with E-state index >= 15 is 0 Å². The second kappa shape index (κ2) is 13.7. The molecule has 13 heteroatoms. The van der Waals surface area contributed by atoms with Crippen LogP contribution in [0, 0.1) is 0 Å². The molecular weight excluding hydrogens is 506 g/mol. The molecule has 1 aliphatic rings. The van der Waals surface area contributed by atoms with Gasteiger partial charge in [-0.15, -0.1) is 0 Å². The summed E-state index contributed by atoms with van der Waals surface area (Å²) in [6.45, 7) is 0.823. The number of unbranched alkanes of at least 4 members (excludes halogenated alkanes) is 1. The number of H-pyrrole nitrogens is 1. The Balaban J connectivity index is 1.68. The van der Waals surface area contributed by atoms with E-state index in [4.69, 9.17) is 17.2 Å². The molecule has 1 saturated heterocycles. The number of carbonyl (C=O) groups is 5. The van der Waals surface area contributed by atoms with Gasteiger partial charge >= 0.3 is 5.97 Å². The fourth-order valence-electron chi connectivity index (χ4n) is 4.82. The average Bonchev–Trinajstić information content (AvgIpc) is 3.55. The smallest absolute Gasteiger partial charge is 0.326 e. The minimum atomic E-state index is -1.42. The molecule has 1 fully saturated rings. The van der Waals surface area contributed by atoms with Crippen molar-refractivity contribution in [2.24, 2.45) is 17.2 Å². The Labute approximate surface area is 225 Å². The number of carbonyl (C=O) groups excluding carboxylic acids is 4. The summed E-state index contributed by atoms with van der Waals surface area (Å²) >= 11 is 0. The monoisotopic (exact) mass is 543 g/mol. The number of primary amides is 1. The molecule has 4 unspecified atom stereocenters. The zero-order valence-corrected chi connectivity index (χ0v) is 21.7.